The van der Waals surface area contributed by atoms with E-state index in [0.29, 0.717) is 12.5 Å². The van der Waals surface area contributed by atoms with Gasteiger partial charge in [0.1, 0.15) is 6.54 Å². The number of fused-ring (bicyclic) bond motifs is 1. The SMILES string of the molecule is CCn1ncc(Cn2nc(C)c(NC(=O)Cn3nc(C)c4c(C5CC5)ccnc43)c2C)c1C. The zero-order valence-electron chi connectivity index (χ0n) is 19.9. The largest absolute Gasteiger partial charge is 0.321 e. The van der Waals surface area contributed by atoms with Crippen molar-refractivity contribution in [1.82, 2.24) is 34.3 Å². The molecule has 1 fully saturated rings. The molecule has 4 heterocycles. The molecular formula is C24H30N8O. The highest BCUT2D eigenvalue weighted by molar-refractivity contribution is 5.93. The maximum atomic E-state index is 13.0. The molecule has 1 aliphatic rings. The molecule has 0 unspecified atom stereocenters. The number of carbonyl (C=O) groups is 1. The number of amides is 1. The summed E-state index contributed by atoms with van der Waals surface area (Å²) >= 11 is 0. The van der Waals surface area contributed by atoms with Gasteiger partial charge >= 0.3 is 0 Å². The van der Waals surface area contributed by atoms with Crippen molar-refractivity contribution in [3.8, 4) is 0 Å². The first-order chi connectivity index (χ1) is 15.9. The third-order valence-electron chi connectivity index (χ3n) is 6.62. The summed E-state index contributed by atoms with van der Waals surface area (Å²) in [7, 11) is 0. The molecule has 5 rings (SSSR count). The van der Waals surface area contributed by atoms with Crippen molar-refractivity contribution >= 4 is 22.6 Å². The van der Waals surface area contributed by atoms with Gasteiger partial charge < -0.3 is 5.32 Å². The molecule has 0 aliphatic heterocycles. The molecular weight excluding hydrogens is 416 g/mol. The van der Waals surface area contributed by atoms with Crippen LogP contribution >= 0.6 is 0 Å². The highest BCUT2D eigenvalue weighted by atomic mass is 16.2. The number of hydrogen-bond donors (Lipinski definition) is 1. The number of pyridine rings is 1. The van der Waals surface area contributed by atoms with E-state index in [-0.39, 0.29) is 12.5 Å². The maximum Gasteiger partial charge on any atom is 0.246 e. The molecule has 1 amide bonds. The molecule has 4 aromatic heterocycles. The quantitative estimate of drug-likeness (QED) is 0.468. The van der Waals surface area contributed by atoms with Crippen molar-refractivity contribution in [2.75, 3.05) is 5.32 Å². The van der Waals surface area contributed by atoms with Crippen LogP contribution in [-0.4, -0.2) is 40.2 Å². The van der Waals surface area contributed by atoms with Gasteiger partial charge in [-0.25, -0.2) is 9.67 Å². The molecule has 1 N–H and O–H groups in total. The van der Waals surface area contributed by atoms with Crippen LogP contribution in [0.2, 0.25) is 0 Å². The second-order valence-corrected chi connectivity index (χ2v) is 8.94. The van der Waals surface area contributed by atoms with E-state index in [9.17, 15) is 4.79 Å². The van der Waals surface area contributed by atoms with Crippen LogP contribution in [0.5, 0.6) is 0 Å². The summed E-state index contributed by atoms with van der Waals surface area (Å²) in [6, 6.07) is 2.09. The van der Waals surface area contributed by atoms with E-state index >= 15 is 0 Å². The van der Waals surface area contributed by atoms with E-state index in [1.54, 1.807) is 4.68 Å². The zero-order chi connectivity index (χ0) is 23.3. The Labute approximate surface area is 192 Å². The van der Waals surface area contributed by atoms with E-state index in [2.05, 4.69) is 45.5 Å². The third kappa shape index (κ3) is 3.81. The Bertz CT molecular complexity index is 1350. The molecule has 4 aromatic rings. The van der Waals surface area contributed by atoms with Crippen LogP contribution in [-0.2, 0) is 24.4 Å². The van der Waals surface area contributed by atoms with Gasteiger partial charge in [-0.2, -0.15) is 15.3 Å². The van der Waals surface area contributed by atoms with Gasteiger partial charge in [0, 0.05) is 29.4 Å². The minimum Gasteiger partial charge on any atom is -0.321 e. The highest BCUT2D eigenvalue weighted by Gasteiger charge is 2.28. The maximum absolute atomic E-state index is 13.0. The van der Waals surface area contributed by atoms with Crippen LogP contribution < -0.4 is 5.32 Å². The van der Waals surface area contributed by atoms with Gasteiger partial charge in [0.2, 0.25) is 5.91 Å². The predicted octanol–water partition coefficient (Wildman–Crippen LogP) is 3.64. The summed E-state index contributed by atoms with van der Waals surface area (Å²) < 4.78 is 5.61. The van der Waals surface area contributed by atoms with Crippen molar-refractivity contribution in [2.45, 2.75) is 73.0 Å². The number of hydrogen-bond acceptors (Lipinski definition) is 5. The fraction of sp³-hybridized carbons (Fsp3) is 0.458. The van der Waals surface area contributed by atoms with Crippen molar-refractivity contribution in [3.63, 3.8) is 0 Å². The Morgan fingerprint density at radius 2 is 1.82 bits per heavy atom. The smallest absolute Gasteiger partial charge is 0.246 e. The number of aromatic nitrogens is 7. The van der Waals surface area contributed by atoms with Crippen LogP contribution in [0.25, 0.3) is 11.0 Å². The molecule has 0 saturated heterocycles. The molecule has 0 bridgehead atoms. The number of carbonyl (C=O) groups excluding carboxylic acids is 1. The minimum absolute atomic E-state index is 0.109. The van der Waals surface area contributed by atoms with Crippen LogP contribution in [0, 0.1) is 27.7 Å². The first kappa shape index (κ1) is 21.4. The molecule has 0 spiro atoms. The van der Waals surface area contributed by atoms with Gasteiger partial charge in [-0.3, -0.25) is 14.2 Å². The zero-order valence-corrected chi connectivity index (χ0v) is 19.9. The summed E-state index contributed by atoms with van der Waals surface area (Å²) in [6.07, 6.45) is 6.14. The molecule has 9 heteroatoms. The Hall–Kier alpha value is -3.49. The van der Waals surface area contributed by atoms with Crippen LogP contribution in [0.15, 0.2) is 18.5 Å². The fourth-order valence-electron chi connectivity index (χ4n) is 4.62. The Kier molecular flexibility index (Phi) is 5.26. The fourth-order valence-corrected chi connectivity index (χ4v) is 4.62. The number of anilines is 1. The van der Waals surface area contributed by atoms with Gasteiger partial charge in [-0.05, 0) is 65.0 Å². The summed E-state index contributed by atoms with van der Waals surface area (Å²) in [4.78, 5) is 17.5. The molecule has 0 aromatic carbocycles. The van der Waals surface area contributed by atoms with E-state index in [0.717, 1.165) is 51.6 Å². The van der Waals surface area contributed by atoms with Gasteiger partial charge in [0.05, 0.1) is 35.5 Å². The van der Waals surface area contributed by atoms with Crippen LogP contribution in [0.3, 0.4) is 0 Å². The lowest BCUT2D eigenvalue weighted by Gasteiger charge is -2.08. The molecule has 9 nitrogen and oxygen atoms in total. The monoisotopic (exact) mass is 446 g/mol. The van der Waals surface area contributed by atoms with E-state index in [4.69, 9.17) is 0 Å². The average molecular weight is 447 g/mol. The van der Waals surface area contributed by atoms with Gasteiger partial charge in [-0.1, -0.05) is 0 Å². The number of rotatable bonds is 7. The van der Waals surface area contributed by atoms with Crippen molar-refractivity contribution < 1.29 is 4.79 Å². The lowest BCUT2D eigenvalue weighted by Crippen LogP contribution is -2.20. The number of nitrogens with zero attached hydrogens (tertiary/aromatic N) is 7. The number of aryl methyl sites for hydroxylation is 3. The van der Waals surface area contributed by atoms with Gasteiger partial charge in [-0.15, -0.1) is 0 Å². The van der Waals surface area contributed by atoms with Gasteiger partial charge in [0.25, 0.3) is 0 Å². The standard InChI is InChI=1S/C24H30N8O/c1-6-30-16(4)19(11-26-30)12-31-17(5)23(15(3)29-31)27-21(33)13-32-24-22(14(2)28-32)20(9-10-25-24)18-7-8-18/h9-11,18H,6-8,12-13H2,1-5H3,(H,27,33). The Morgan fingerprint density at radius 1 is 1.06 bits per heavy atom. The lowest BCUT2D eigenvalue weighted by molar-refractivity contribution is -0.116. The minimum atomic E-state index is -0.140. The van der Waals surface area contributed by atoms with Crippen LogP contribution in [0.1, 0.15) is 59.6 Å². The van der Waals surface area contributed by atoms with E-state index in [1.807, 2.05) is 42.5 Å². The van der Waals surface area contributed by atoms with Crippen molar-refractivity contribution in [3.05, 3.63) is 52.4 Å². The average Bonchev–Trinajstić information content (AvgIpc) is 3.46. The first-order valence-electron chi connectivity index (χ1n) is 11.5. The van der Waals surface area contributed by atoms with Crippen molar-refractivity contribution in [1.29, 1.82) is 0 Å². The normalized spacial score (nSPS) is 13.7. The molecule has 0 radical (unpaired) electrons. The van der Waals surface area contributed by atoms with E-state index < -0.39 is 0 Å². The molecule has 0 atom stereocenters. The molecule has 1 aliphatic carbocycles. The second kappa shape index (κ2) is 8.13. The van der Waals surface area contributed by atoms with E-state index in [1.165, 1.54) is 18.4 Å². The first-order valence-corrected chi connectivity index (χ1v) is 11.5. The lowest BCUT2D eigenvalue weighted by atomic mass is 10.1. The van der Waals surface area contributed by atoms with Crippen molar-refractivity contribution in [2.24, 2.45) is 0 Å². The highest BCUT2D eigenvalue weighted by Crippen LogP contribution is 2.43. The Balaban J connectivity index is 1.35. The topological polar surface area (TPSA) is 95.5 Å². The molecule has 33 heavy (non-hydrogen) atoms. The Morgan fingerprint density at radius 3 is 2.52 bits per heavy atom. The second-order valence-electron chi connectivity index (χ2n) is 8.94. The summed E-state index contributed by atoms with van der Waals surface area (Å²) in [5.41, 5.74) is 7.72. The summed E-state index contributed by atoms with van der Waals surface area (Å²) in [5.74, 6) is 0.462. The predicted molar refractivity (Wildman–Crippen MR) is 126 cm³/mol. The summed E-state index contributed by atoms with van der Waals surface area (Å²) in [5, 5.41) is 17.9. The molecule has 1 saturated carbocycles. The number of nitrogens with one attached hydrogen (secondary N) is 1. The molecule has 172 valence electrons. The summed E-state index contributed by atoms with van der Waals surface area (Å²) in [6.45, 7) is 11.6. The third-order valence-corrected chi connectivity index (χ3v) is 6.62. The van der Waals surface area contributed by atoms with Gasteiger partial charge in [0.15, 0.2) is 5.65 Å². The van der Waals surface area contributed by atoms with Crippen LogP contribution in [0.4, 0.5) is 5.69 Å².